The van der Waals surface area contributed by atoms with Gasteiger partial charge in [0.25, 0.3) is 0 Å². The average molecular weight is 353 g/mol. The number of fused-ring (bicyclic) bond motifs is 1. The van der Waals surface area contributed by atoms with E-state index in [4.69, 9.17) is 0 Å². The van der Waals surface area contributed by atoms with Crippen LogP contribution in [-0.2, 0) is 5.41 Å². The summed E-state index contributed by atoms with van der Waals surface area (Å²) >= 11 is 3.50. The molecule has 0 aliphatic heterocycles. The van der Waals surface area contributed by atoms with E-state index < -0.39 is 0 Å². The van der Waals surface area contributed by atoms with E-state index in [0.29, 0.717) is 0 Å². The highest BCUT2D eigenvalue weighted by molar-refractivity contribution is 9.10. The lowest BCUT2D eigenvalue weighted by atomic mass is 9.81. The highest BCUT2D eigenvalue weighted by Crippen LogP contribution is 2.47. The molecule has 0 radical (unpaired) electrons. The zero-order valence-corrected chi connectivity index (χ0v) is 15.2. The molecular weight excluding hydrogens is 332 g/mol. The molecule has 0 unspecified atom stereocenters. The molecule has 0 saturated carbocycles. The second-order valence-electron chi connectivity index (χ2n) is 6.43. The van der Waals surface area contributed by atoms with Crippen LogP contribution in [0.15, 0.2) is 64.7 Å². The molecule has 112 valence electrons. The molecule has 0 spiro atoms. The van der Waals surface area contributed by atoms with Crippen LogP contribution in [0.1, 0.15) is 38.8 Å². The minimum Gasteiger partial charge on any atom is -0.0870 e. The molecule has 0 aromatic heterocycles. The van der Waals surface area contributed by atoms with Gasteiger partial charge >= 0.3 is 0 Å². The molecule has 0 bridgehead atoms. The summed E-state index contributed by atoms with van der Waals surface area (Å²) in [5.74, 6) is 0. The summed E-state index contributed by atoms with van der Waals surface area (Å²) in [4.78, 5) is 0. The molecule has 0 atom stereocenters. The third-order valence-electron chi connectivity index (χ3n) is 4.84. The Hall–Kier alpha value is -1.60. The first-order valence-electron chi connectivity index (χ1n) is 7.70. The van der Waals surface area contributed by atoms with Gasteiger partial charge < -0.3 is 0 Å². The molecule has 1 heteroatoms. The summed E-state index contributed by atoms with van der Waals surface area (Å²) in [5, 5.41) is 0. The average Bonchev–Trinajstić information content (AvgIpc) is 2.69. The van der Waals surface area contributed by atoms with Gasteiger partial charge in [0.05, 0.1) is 0 Å². The van der Waals surface area contributed by atoms with Gasteiger partial charge in [0.1, 0.15) is 0 Å². The van der Waals surface area contributed by atoms with Crippen molar-refractivity contribution in [3.63, 3.8) is 0 Å². The number of rotatable bonds is 2. The SMILES string of the molecule is C/C=C\C1=C(C)C(C)(C)c2cc(-c3ccc(Br)cc3)ccc21. The summed E-state index contributed by atoms with van der Waals surface area (Å²) < 4.78 is 1.12. The number of allylic oxidation sites excluding steroid dienone is 4. The Balaban J connectivity index is 2.14. The lowest BCUT2D eigenvalue weighted by molar-refractivity contribution is 0.639. The van der Waals surface area contributed by atoms with Crippen LogP contribution in [0.2, 0.25) is 0 Å². The van der Waals surface area contributed by atoms with Crippen molar-refractivity contribution in [3.05, 3.63) is 75.8 Å². The van der Waals surface area contributed by atoms with E-state index in [1.165, 1.54) is 33.4 Å². The van der Waals surface area contributed by atoms with Crippen LogP contribution in [0.5, 0.6) is 0 Å². The quantitative estimate of drug-likeness (QED) is 0.560. The summed E-state index contributed by atoms with van der Waals surface area (Å²) in [6, 6.07) is 15.4. The minimum absolute atomic E-state index is 0.0928. The van der Waals surface area contributed by atoms with Crippen molar-refractivity contribution < 1.29 is 0 Å². The van der Waals surface area contributed by atoms with E-state index in [0.717, 1.165) is 4.47 Å². The van der Waals surface area contributed by atoms with Gasteiger partial charge in [-0.1, -0.05) is 71.8 Å². The van der Waals surface area contributed by atoms with Crippen LogP contribution < -0.4 is 0 Å². The first-order chi connectivity index (χ1) is 10.4. The smallest absolute Gasteiger partial charge is 0.0175 e. The van der Waals surface area contributed by atoms with Gasteiger partial charge in [0.15, 0.2) is 0 Å². The van der Waals surface area contributed by atoms with E-state index in [9.17, 15) is 0 Å². The lowest BCUT2D eigenvalue weighted by Crippen LogP contribution is -2.15. The van der Waals surface area contributed by atoms with E-state index >= 15 is 0 Å². The fourth-order valence-electron chi connectivity index (χ4n) is 3.24. The molecule has 2 aromatic rings. The van der Waals surface area contributed by atoms with Crippen molar-refractivity contribution in [2.24, 2.45) is 0 Å². The Kier molecular flexibility index (Phi) is 3.86. The third kappa shape index (κ3) is 2.38. The Morgan fingerprint density at radius 1 is 0.955 bits per heavy atom. The number of halogens is 1. The van der Waals surface area contributed by atoms with Crippen molar-refractivity contribution in [1.82, 2.24) is 0 Å². The number of hydrogen-bond acceptors (Lipinski definition) is 0. The predicted octanol–water partition coefficient (Wildman–Crippen LogP) is 6.76. The second kappa shape index (κ2) is 5.55. The molecule has 22 heavy (non-hydrogen) atoms. The van der Waals surface area contributed by atoms with Crippen LogP contribution in [0, 0.1) is 0 Å². The summed E-state index contributed by atoms with van der Waals surface area (Å²) in [6.07, 6.45) is 4.37. The monoisotopic (exact) mass is 352 g/mol. The maximum atomic E-state index is 3.50. The fraction of sp³-hybridized carbons (Fsp3) is 0.238. The van der Waals surface area contributed by atoms with Crippen LogP contribution in [0.25, 0.3) is 16.7 Å². The Morgan fingerprint density at radius 3 is 2.23 bits per heavy atom. The van der Waals surface area contributed by atoms with Crippen molar-refractivity contribution in [2.75, 3.05) is 0 Å². The van der Waals surface area contributed by atoms with Crippen molar-refractivity contribution >= 4 is 21.5 Å². The van der Waals surface area contributed by atoms with Crippen molar-refractivity contribution in [2.45, 2.75) is 33.1 Å². The summed E-state index contributed by atoms with van der Waals surface area (Å²) in [5.41, 5.74) is 8.28. The van der Waals surface area contributed by atoms with Gasteiger partial charge in [-0.2, -0.15) is 0 Å². The first-order valence-corrected chi connectivity index (χ1v) is 8.49. The molecule has 0 saturated heterocycles. The van der Waals surface area contributed by atoms with Gasteiger partial charge in [-0.05, 0) is 59.9 Å². The Labute approximate surface area is 141 Å². The Bertz CT molecular complexity index is 774. The summed E-state index contributed by atoms with van der Waals surface area (Å²) in [7, 11) is 0. The lowest BCUT2D eigenvalue weighted by Gasteiger charge is -2.23. The van der Waals surface area contributed by atoms with Crippen molar-refractivity contribution in [1.29, 1.82) is 0 Å². The Morgan fingerprint density at radius 2 is 1.59 bits per heavy atom. The maximum absolute atomic E-state index is 3.50. The minimum atomic E-state index is 0.0928. The van der Waals surface area contributed by atoms with E-state index in [1.807, 2.05) is 0 Å². The van der Waals surface area contributed by atoms with Crippen molar-refractivity contribution in [3.8, 4) is 11.1 Å². The number of benzene rings is 2. The highest BCUT2D eigenvalue weighted by Gasteiger charge is 2.34. The van der Waals surface area contributed by atoms with E-state index in [1.54, 1.807) is 0 Å². The largest absolute Gasteiger partial charge is 0.0870 e. The maximum Gasteiger partial charge on any atom is 0.0175 e. The second-order valence-corrected chi connectivity index (χ2v) is 7.35. The van der Waals surface area contributed by atoms with Gasteiger partial charge in [0.2, 0.25) is 0 Å². The fourth-order valence-corrected chi connectivity index (χ4v) is 3.50. The molecule has 0 N–H and O–H groups in total. The first kappa shape index (κ1) is 15.3. The zero-order chi connectivity index (χ0) is 15.9. The topological polar surface area (TPSA) is 0 Å². The normalized spacial score (nSPS) is 16.4. The van der Waals surface area contributed by atoms with E-state index in [-0.39, 0.29) is 5.41 Å². The van der Waals surface area contributed by atoms with Gasteiger partial charge in [-0.3, -0.25) is 0 Å². The molecule has 2 aromatic carbocycles. The van der Waals surface area contributed by atoms with Crippen LogP contribution >= 0.6 is 15.9 Å². The van der Waals surface area contributed by atoms with Crippen LogP contribution in [0.4, 0.5) is 0 Å². The third-order valence-corrected chi connectivity index (χ3v) is 5.36. The molecule has 3 rings (SSSR count). The molecule has 0 amide bonds. The van der Waals surface area contributed by atoms with E-state index in [2.05, 4.69) is 98.2 Å². The molecule has 0 fully saturated rings. The summed E-state index contributed by atoms with van der Waals surface area (Å²) in [6.45, 7) is 8.99. The van der Waals surface area contributed by atoms with Gasteiger partial charge in [0, 0.05) is 9.89 Å². The number of hydrogen-bond donors (Lipinski definition) is 0. The molecule has 1 aliphatic carbocycles. The van der Waals surface area contributed by atoms with Crippen LogP contribution in [-0.4, -0.2) is 0 Å². The van der Waals surface area contributed by atoms with Gasteiger partial charge in [-0.25, -0.2) is 0 Å². The van der Waals surface area contributed by atoms with Crippen LogP contribution in [0.3, 0.4) is 0 Å². The molecular formula is C21H21Br. The highest BCUT2D eigenvalue weighted by atomic mass is 79.9. The molecule has 0 heterocycles. The predicted molar refractivity (Wildman–Crippen MR) is 100 cm³/mol. The standard InChI is InChI=1S/C21H21Br/c1-5-6-18-14(2)21(3,4)20-13-16(9-12-19(18)20)15-7-10-17(22)11-8-15/h5-13H,1-4H3/b6-5-. The molecule has 0 nitrogen and oxygen atoms in total. The molecule has 1 aliphatic rings. The van der Waals surface area contributed by atoms with Gasteiger partial charge in [-0.15, -0.1) is 0 Å². The zero-order valence-electron chi connectivity index (χ0n) is 13.6.